The van der Waals surface area contributed by atoms with Crippen molar-refractivity contribution in [1.29, 1.82) is 0 Å². The predicted octanol–water partition coefficient (Wildman–Crippen LogP) is 1.79. The maximum Gasteiger partial charge on any atom is 0.224 e. The van der Waals surface area contributed by atoms with Crippen LogP contribution >= 0.6 is 0 Å². The average Bonchev–Trinajstić information content (AvgIpc) is 2.52. The maximum atomic E-state index is 11.4. The zero-order chi connectivity index (χ0) is 16.0. The van der Waals surface area contributed by atoms with Crippen molar-refractivity contribution in [3.63, 3.8) is 0 Å². The van der Waals surface area contributed by atoms with Gasteiger partial charge >= 0.3 is 0 Å². The Morgan fingerprint density at radius 1 is 1.14 bits per heavy atom. The number of ether oxygens (including phenoxy) is 1. The molecule has 0 aliphatic heterocycles. The van der Waals surface area contributed by atoms with Gasteiger partial charge in [-0.2, -0.15) is 0 Å². The molecule has 0 unspecified atom stereocenters. The molecule has 0 atom stereocenters. The van der Waals surface area contributed by atoms with E-state index in [2.05, 4.69) is 9.97 Å². The van der Waals surface area contributed by atoms with Gasteiger partial charge in [0.15, 0.2) is 9.84 Å². The monoisotopic (exact) mass is 321 g/mol. The van der Waals surface area contributed by atoms with Crippen LogP contribution in [-0.2, 0) is 9.84 Å². The molecule has 0 aliphatic rings. The van der Waals surface area contributed by atoms with Gasteiger partial charge in [-0.3, -0.25) is 0 Å². The Hall–Kier alpha value is -2.15. The molecule has 0 radical (unpaired) electrons. The fraction of sp³-hybridized carbons (Fsp3) is 0.333. The largest absolute Gasteiger partial charge is 0.494 e. The number of anilines is 1. The average molecular weight is 321 g/mol. The minimum absolute atomic E-state index is 0.292. The van der Waals surface area contributed by atoms with E-state index in [-0.39, 0.29) is 0 Å². The van der Waals surface area contributed by atoms with Crippen molar-refractivity contribution in [1.82, 2.24) is 9.97 Å². The van der Waals surface area contributed by atoms with Crippen LogP contribution in [0.3, 0.4) is 0 Å². The van der Waals surface area contributed by atoms with Gasteiger partial charge < -0.3 is 9.64 Å². The Morgan fingerprint density at radius 2 is 1.77 bits per heavy atom. The van der Waals surface area contributed by atoms with E-state index in [1.807, 2.05) is 11.9 Å². The van der Waals surface area contributed by atoms with E-state index in [0.717, 1.165) is 13.0 Å². The third-order valence-electron chi connectivity index (χ3n) is 3.05. The first-order chi connectivity index (χ1) is 10.5. The van der Waals surface area contributed by atoms with E-state index in [0.29, 0.717) is 23.2 Å². The van der Waals surface area contributed by atoms with Crippen LogP contribution in [0.5, 0.6) is 5.75 Å². The summed E-state index contributed by atoms with van der Waals surface area (Å²) >= 11 is 0. The molecular formula is C15H19N3O3S. The number of aromatic nitrogens is 2. The summed E-state index contributed by atoms with van der Waals surface area (Å²) in [6.45, 7) is 1.31. The molecule has 0 bridgehead atoms. The minimum Gasteiger partial charge on any atom is -0.494 e. The molecule has 0 saturated carbocycles. The van der Waals surface area contributed by atoms with E-state index < -0.39 is 9.84 Å². The molecule has 0 aliphatic carbocycles. The summed E-state index contributed by atoms with van der Waals surface area (Å²) < 4.78 is 28.3. The van der Waals surface area contributed by atoms with Crippen LogP contribution in [-0.4, -0.2) is 44.8 Å². The molecule has 2 rings (SSSR count). The van der Waals surface area contributed by atoms with Crippen molar-refractivity contribution in [2.45, 2.75) is 11.3 Å². The zero-order valence-corrected chi connectivity index (χ0v) is 13.5. The quantitative estimate of drug-likeness (QED) is 0.724. The molecular weight excluding hydrogens is 302 g/mol. The Morgan fingerprint density at radius 3 is 2.36 bits per heavy atom. The van der Waals surface area contributed by atoms with E-state index in [1.165, 1.54) is 6.26 Å². The highest BCUT2D eigenvalue weighted by atomic mass is 32.2. The topological polar surface area (TPSA) is 72.4 Å². The maximum absolute atomic E-state index is 11.4. The van der Waals surface area contributed by atoms with Gasteiger partial charge in [-0.1, -0.05) is 0 Å². The minimum atomic E-state index is -3.16. The Balaban J connectivity index is 1.77. The molecule has 1 heterocycles. The van der Waals surface area contributed by atoms with Crippen LogP contribution in [0.1, 0.15) is 6.42 Å². The van der Waals surface area contributed by atoms with Crippen molar-refractivity contribution in [3.8, 4) is 5.75 Å². The first-order valence-electron chi connectivity index (χ1n) is 6.88. The Bertz CT molecular complexity index is 688. The number of hydrogen-bond donors (Lipinski definition) is 0. The van der Waals surface area contributed by atoms with E-state index in [9.17, 15) is 8.42 Å². The standard InChI is InChI=1S/C15H19N3O3S/c1-18(15-16-9-3-10-17-15)11-4-12-21-13-5-7-14(8-6-13)22(2,19)20/h3,5-10H,4,11-12H2,1-2H3. The van der Waals surface area contributed by atoms with Gasteiger partial charge in [-0.15, -0.1) is 0 Å². The SMILES string of the molecule is CN(CCCOc1ccc(S(C)(=O)=O)cc1)c1ncccn1. The molecule has 0 fully saturated rings. The molecule has 1 aromatic carbocycles. The van der Waals surface area contributed by atoms with Crippen molar-refractivity contribution < 1.29 is 13.2 Å². The molecule has 0 amide bonds. The third kappa shape index (κ3) is 4.70. The zero-order valence-electron chi connectivity index (χ0n) is 12.6. The molecule has 0 saturated heterocycles. The molecule has 0 N–H and O–H groups in total. The van der Waals surface area contributed by atoms with Gasteiger partial charge in [0, 0.05) is 32.2 Å². The van der Waals surface area contributed by atoms with Crippen LogP contribution in [0.2, 0.25) is 0 Å². The lowest BCUT2D eigenvalue weighted by atomic mass is 10.3. The molecule has 22 heavy (non-hydrogen) atoms. The summed E-state index contributed by atoms with van der Waals surface area (Å²) in [6.07, 6.45) is 5.41. The van der Waals surface area contributed by atoms with Crippen LogP contribution in [0, 0.1) is 0 Å². The van der Waals surface area contributed by atoms with E-state index in [1.54, 1.807) is 42.7 Å². The summed E-state index contributed by atoms with van der Waals surface area (Å²) in [5.41, 5.74) is 0. The van der Waals surface area contributed by atoms with Crippen molar-refractivity contribution in [2.24, 2.45) is 0 Å². The number of benzene rings is 1. The van der Waals surface area contributed by atoms with E-state index in [4.69, 9.17) is 4.74 Å². The molecule has 2 aromatic rings. The van der Waals surface area contributed by atoms with Crippen LogP contribution in [0.25, 0.3) is 0 Å². The second-order valence-corrected chi connectivity index (χ2v) is 6.93. The summed E-state index contributed by atoms with van der Waals surface area (Å²) in [6, 6.07) is 8.21. The second-order valence-electron chi connectivity index (χ2n) is 4.92. The number of nitrogens with zero attached hydrogens (tertiary/aromatic N) is 3. The first kappa shape index (κ1) is 16.2. The lowest BCUT2D eigenvalue weighted by Crippen LogP contribution is -2.22. The van der Waals surface area contributed by atoms with Gasteiger partial charge in [-0.25, -0.2) is 18.4 Å². The molecule has 0 spiro atoms. The molecule has 7 heteroatoms. The van der Waals surface area contributed by atoms with Crippen molar-refractivity contribution in [2.75, 3.05) is 31.4 Å². The lowest BCUT2D eigenvalue weighted by Gasteiger charge is -2.16. The predicted molar refractivity (Wildman–Crippen MR) is 85.0 cm³/mol. The van der Waals surface area contributed by atoms with Crippen LogP contribution in [0.15, 0.2) is 47.6 Å². The van der Waals surface area contributed by atoms with Crippen molar-refractivity contribution >= 4 is 15.8 Å². The van der Waals surface area contributed by atoms with Crippen LogP contribution in [0.4, 0.5) is 5.95 Å². The fourth-order valence-corrected chi connectivity index (χ4v) is 2.49. The highest BCUT2D eigenvalue weighted by molar-refractivity contribution is 7.90. The molecule has 1 aromatic heterocycles. The Labute approximate surface area is 130 Å². The van der Waals surface area contributed by atoms with Crippen LogP contribution < -0.4 is 9.64 Å². The summed E-state index contributed by atoms with van der Waals surface area (Å²) in [5.74, 6) is 1.34. The summed E-state index contributed by atoms with van der Waals surface area (Å²) in [7, 11) is -1.24. The molecule has 118 valence electrons. The van der Waals surface area contributed by atoms with Gasteiger partial charge in [0.05, 0.1) is 11.5 Å². The van der Waals surface area contributed by atoms with Gasteiger partial charge in [0.25, 0.3) is 0 Å². The number of sulfone groups is 1. The first-order valence-corrected chi connectivity index (χ1v) is 8.77. The number of hydrogen-bond acceptors (Lipinski definition) is 6. The highest BCUT2D eigenvalue weighted by Gasteiger charge is 2.06. The Kier molecular flexibility index (Phi) is 5.32. The third-order valence-corrected chi connectivity index (χ3v) is 4.18. The molecule has 6 nitrogen and oxygen atoms in total. The highest BCUT2D eigenvalue weighted by Crippen LogP contribution is 2.16. The van der Waals surface area contributed by atoms with Gasteiger partial charge in [0.2, 0.25) is 5.95 Å². The number of rotatable bonds is 7. The normalized spacial score (nSPS) is 11.2. The summed E-state index contributed by atoms with van der Waals surface area (Å²) in [4.78, 5) is 10.6. The second kappa shape index (κ2) is 7.22. The lowest BCUT2D eigenvalue weighted by molar-refractivity contribution is 0.312. The summed E-state index contributed by atoms with van der Waals surface area (Å²) in [5, 5.41) is 0. The van der Waals surface area contributed by atoms with Crippen molar-refractivity contribution in [3.05, 3.63) is 42.7 Å². The smallest absolute Gasteiger partial charge is 0.224 e. The van der Waals surface area contributed by atoms with Gasteiger partial charge in [0.1, 0.15) is 5.75 Å². The van der Waals surface area contributed by atoms with Gasteiger partial charge in [-0.05, 0) is 36.8 Å². The van der Waals surface area contributed by atoms with E-state index >= 15 is 0 Å². The fourth-order valence-electron chi connectivity index (χ4n) is 1.86.